The average molecular weight is 492 g/mol. The van der Waals surface area contributed by atoms with Crippen LogP contribution in [0.15, 0.2) is 60.7 Å². The van der Waals surface area contributed by atoms with E-state index in [1.807, 2.05) is 41.0 Å². The Balaban J connectivity index is 1.35. The minimum atomic E-state index is -0.631. The van der Waals surface area contributed by atoms with Crippen LogP contribution in [0.5, 0.6) is 6.01 Å². The predicted octanol–water partition coefficient (Wildman–Crippen LogP) is 4.91. The standard InChI is InChI=1S/C27H26ClN3O4/c1-15(2)31-26-20(29-27(31)35-22-14-34-24-21(32)13-33-25(22)24)12-19(28)23(30-26)18-10-8-17(9-11-18)16-6-4-3-5-7-16/h3-12,15,21-22,24-25,32H,13-14H2,1-2H3/t21-,22-,24?,25-/m1/s1. The van der Waals surface area contributed by atoms with Crippen LogP contribution in [-0.2, 0) is 9.47 Å². The van der Waals surface area contributed by atoms with Crippen molar-refractivity contribution in [3.05, 3.63) is 65.7 Å². The maximum Gasteiger partial charge on any atom is 0.299 e. The Kier molecular flexibility index (Phi) is 5.73. The minimum absolute atomic E-state index is 0.0465. The quantitative estimate of drug-likeness (QED) is 0.427. The van der Waals surface area contributed by atoms with Gasteiger partial charge in [-0.05, 0) is 31.0 Å². The van der Waals surface area contributed by atoms with Gasteiger partial charge >= 0.3 is 0 Å². The molecule has 6 rings (SSSR count). The van der Waals surface area contributed by atoms with Crippen LogP contribution in [0, 0.1) is 0 Å². The largest absolute Gasteiger partial charge is 0.456 e. The molecule has 1 N–H and O–H groups in total. The number of halogens is 1. The highest BCUT2D eigenvalue weighted by atomic mass is 35.5. The molecule has 4 heterocycles. The Morgan fingerprint density at radius 3 is 2.37 bits per heavy atom. The molecule has 0 spiro atoms. The van der Waals surface area contributed by atoms with Crippen LogP contribution in [-0.4, -0.2) is 57.3 Å². The topological polar surface area (TPSA) is 78.6 Å². The summed E-state index contributed by atoms with van der Waals surface area (Å²) in [5.41, 5.74) is 5.26. The summed E-state index contributed by atoms with van der Waals surface area (Å²) in [5.74, 6) is 0. The van der Waals surface area contributed by atoms with Gasteiger partial charge < -0.3 is 19.3 Å². The zero-order valence-electron chi connectivity index (χ0n) is 19.5. The van der Waals surface area contributed by atoms with Gasteiger partial charge in [-0.15, -0.1) is 0 Å². The molecule has 2 aliphatic rings. The van der Waals surface area contributed by atoms with Gasteiger partial charge in [0.25, 0.3) is 6.01 Å². The van der Waals surface area contributed by atoms with Crippen LogP contribution < -0.4 is 4.74 Å². The number of hydrogen-bond donors (Lipinski definition) is 1. The third-order valence-electron chi connectivity index (χ3n) is 6.61. The first kappa shape index (κ1) is 22.5. The average Bonchev–Trinajstić information content (AvgIpc) is 3.54. The number of benzene rings is 2. The normalized spacial score (nSPS) is 23.8. The lowest BCUT2D eigenvalue weighted by Crippen LogP contribution is -2.35. The van der Waals surface area contributed by atoms with Crippen molar-refractivity contribution in [1.82, 2.24) is 14.5 Å². The van der Waals surface area contributed by atoms with Crippen LogP contribution in [0.4, 0.5) is 0 Å². The smallest absolute Gasteiger partial charge is 0.299 e. The molecule has 4 atom stereocenters. The van der Waals surface area contributed by atoms with Gasteiger partial charge in [-0.2, -0.15) is 4.98 Å². The molecule has 2 aromatic carbocycles. The van der Waals surface area contributed by atoms with Crippen molar-refractivity contribution < 1.29 is 19.3 Å². The van der Waals surface area contributed by atoms with Gasteiger partial charge in [0, 0.05) is 11.6 Å². The monoisotopic (exact) mass is 491 g/mol. The molecule has 7 nitrogen and oxygen atoms in total. The fraction of sp³-hybridized carbons (Fsp3) is 0.333. The number of hydrogen-bond acceptors (Lipinski definition) is 6. The van der Waals surface area contributed by atoms with Crippen LogP contribution in [0.2, 0.25) is 5.02 Å². The van der Waals surface area contributed by atoms with Gasteiger partial charge in [-0.1, -0.05) is 66.2 Å². The van der Waals surface area contributed by atoms with Crippen molar-refractivity contribution in [2.45, 2.75) is 44.3 Å². The number of nitrogens with zero attached hydrogens (tertiary/aromatic N) is 3. The highest BCUT2D eigenvalue weighted by Crippen LogP contribution is 2.35. The first-order valence-corrected chi connectivity index (χ1v) is 12.2. The Morgan fingerprint density at radius 2 is 1.63 bits per heavy atom. The van der Waals surface area contributed by atoms with Crippen molar-refractivity contribution in [1.29, 1.82) is 0 Å². The summed E-state index contributed by atoms with van der Waals surface area (Å²) in [7, 11) is 0. The van der Waals surface area contributed by atoms with E-state index < -0.39 is 6.10 Å². The predicted molar refractivity (Wildman–Crippen MR) is 134 cm³/mol. The maximum atomic E-state index is 10.0. The Morgan fingerprint density at radius 1 is 0.943 bits per heavy atom. The summed E-state index contributed by atoms with van der Waals surface area (Å²) in [6.07, 6.45) is -1.67. The zero-order chi connectivity index (χ0) is 24.1. The Hall–Kier alpha value is -2.97. The van der Waals surface area contributed by atoms with Crippen LogP contribution in [0.3, 0.4) is 0 Å². The van der Waals surface area contributed by atoms with Gasteiger partial charge in [0.15, 0.2) is 11.8 Å². The molecule has 0 radical (unpaired) electrons. The highest BCUT2D eigenvalue weighted by Gasteiger charge is 2.49. The third kappa shape index (κ3) is 3.98. The van der Waals surface area contributed by atoms with E-state index >= 15 is 0 Å². The number of imidazole rings is 1. The molecule has 0 saturated carbocycles. The Bertz CT molecular complexity index is 1360. The molecule has 180 valence electrons. The molecule has 0 aliphatic carbocycles. The molecular formula is C27H26ClN3O4. The summed E-state index contributed by atoms with van der Waals surface area (Å²) in [6.45, 7) is 4.70. The third-order valence-corrected chi connectivity index (χ3v) is 6.90. The van der Waals surface area contributed by atoms with Crippen LogP contribution >= 0.6 is 11.6 Å². The van der Waals surface area contributed by atoms with Crippen molar-refractivity contribution in [2.24, 2.45) is 0 Å². The lowest BCUT2D eigenvalue weighted by atomic mass is 10.0. The molecule has 1 unspecified atom stereocenters. The molecule has 35 heavy (non-hydrogen) atoms. The summed E-state index contributed by atoms with van der Waals surface area (Å²) in [4.78, 5) is 9.63. The number of aromatic nitrogens is 3. The van der Waals surface area contributed by atoms with Gasteiger partial charge in [0.05, 0.1) is 23.9 Å². The summed E-state index contributed by atoms with van der Waals surface area (Å²) < 4.78 is 19.7. The summed E-state index contributed by atoms with van der Waals surface area (Å²) >= 11 is 6.67. The molecular weight excluding hydrogens is 466 g/mol. The molecule has 8 heteroatoms. The van der Waals surface area contributed by atoms with E-state index in [1.54, 1.807) is 0 Å². The molecule has 4 aromatic rings. The van der Waals surface area contributed by atoms with Crippen LogP contribution in [0.1, 0.15) is 19.9 Å². The van der Waals surface area contributed by atoms with E-state index in [-0.39, 0.29) is 31.0 Å². The zero-order valence-corrected chi connectivity index (χ0v) is 20.2. The van der Waals surface area contributed by atoms with E-state index in [9.17, 15) is 5.11 Å². The van der Waals surface area contributed by atoms with E-state index in [0.717, 1.165) is 16.7 Å². The Labute approximate surface area is 208 Å². The van der Waals surface area contributed by atoms with Crippen molar-refractivity contribution in [3.8, 4) is 28.4 Å². The fourth-order valence-corrected chi connectivity index (χ4v) is 5.11. The number of aliphatic hydroxyl groups excluding tert-OH is 1. The highest BCUT2D eigenvalue weighted by molar-refractivity contribution is 6.33. The molecule has 2 saturated heterocycles. The molecule has 2 aromatic heterocycles. The number of aliphatic hydroxyl groups is 1. The fourth-order valence-electron chi connectivity index (χ4n) is 4.86. The number of rotatable bonds is 5. The van der Waals surface area contributed by atoms with E-state index in [2.05, 4.69) is 38.1 Å². The molecule has 0 amide bonds. The minimum Gasteiger partial charge on any atom is -0.456 e. The van der Waals surface area contributed by atoms with Crippen molar-refractivity contribution in [3.63, 3.8) is 0 Å². The molecule has 2 fully saturated rings. The second kappa shape index (κ2) is 8.91. The molecule has 2 aliphatic heterocycles. The van der Waals surface area contributed by atoms with Crippen molar-refractivity contribution >= 4 is 22.8 Å². The maximum absolute atomic E-state index is 10.0. The lowest BCUT2D eigenvalue weighted by Gasteiger charge is -2.19. The second-order valence-electron chi connectivity index (χ2n) is 9.28. The number of pyridine rings is 1. The van der Waals surface area contributed by atoms with Gasteiger partial charge in [0.1, 0.15) is 23.8 Å². The van der Waals surface area contributed by atoms with Gasteiger partial charge in [0.2, 0.25) is 0 Å². The van der Waals surface area contributed by atoms with Gasteiger partial charge in [-0.25, -0.2) is 4.98 Å². The lowest BCUT2D eigenvalue weighted by molar-refractivity contribution is 0.00593. The van der Waals surface area contributed by atoms with E-state index in [0.29, 0.717) is 34.5 Å². The summed E-state index contributed by atoms with van der Waals surface area (Å²) in [5, 5.41) is 10.6. The summed E-state index contributed by atoms with van der Waals surface area (Å²) in [6, 6.07) is 20.8. The SMILES string of the molecule is CC(C)n1c(O[C@@H]2COC3[C@H](O)CO[C@@H]32)nc2cc(Cl)c(-c3ccc(-c4ccccc4)cc3)nc21. The number of ether oxygens (including phenoxy) is 3. The van der Waals surface area contributed by atoms with Crippen molar-refractivity contribution in [2.75, 3.05) is 13.2 Å². The number of fused-ring (bicyclic) bond motifs is 2. The van der Waals surface area contributed by atoms with Crippen LogP contribution in [0.25, 0.3) is 33.5 Å². The second-order valence-corrected chi connectivity index (χ2v) is 9.69. The first-order valence-electron chi connectivity index (χ1n) is 11.8. The molecule has 0 bridgehead atoms. The first-order chi connectivity index (χ1) is 17.0. The van der Waals surface area contributed by atoms with E-state index in [1.165, 1.54) is 0 Å². The van der Waals surface area contributed by atoms with E-state index in [4.69, 9.17) is 35.8 Å². The van der Waals surface area contributed by atoms with Gasteiger partial charge in [-0.3, -0.25) is 4.57 Å².